The summed E-state index contributed by atoms with van der Waals surface area (Å²) in [4.78, 5) is 20.0. The molecule has 3 heterocycles. The van der Waals surface area contributed by atoms with Gasteiger partial charge in [-0.3, -0.25) is 4.79 Å². The molecular weight excluding hydrogens is 328 g/mol. The Hall–Kier alpha value is -1.24. The van der Waals surface area contributed by atoms with E-state index in [2.05, 4.69) is 37.2 Å². The number of carbonyl (C=O) groups is 1. The van der Waals surface area contributed by atoms with Crippen LogP contribution in [0.1, 0.15) is 58.0 Å². The van der Waals surface area contributed by atoms with Crippen molar-refractivity contribution in [1.82, 2.24) is 9.88 Å². The van der Waals surface area contributed by atoms with Gasteiger partial charge in [0, 0.05) is 29.3 Å². The lowest BCUT2D eigenvalue weighted by Crippen LogP contribution is -2.45. The number of amides is 1. The fourth-order valence-electron chi connectivity index (χ4n) is 2.97. The summed E-state index contributed by atoms with van der Waals surface area (Å²) in [6.07, 6.45) is 0.297. The van der Waals surface area contributed by atoms with Gasteiger partial charge in [0.1, 0.15) is 0 Å². The zero-order valence-corrected chi connectivity index (χ0v) is 15.3. The van der Waals surface area contributed by atoms with Crippen LogP contribution in [0.4, 0.5) is 0 Å². The first-order valence-corrected chi connectivity index (χ1v) is 9.70. The maximum Gasteiger partial charge on any atom is 0.282 e. The summed E-state index contributed by atoms with van der Waals surface area (Å²) in [6, 6.07) is 2.09. The van der Waals surface area contributed by atoms with Crippen molar-refractivity contribution in [2.75, 3.05) is 13.1 Å². The lowest BCUT2D eigenvalue weighted by atomic mass is 9.90. The van der Waals surface area contributed by atoms with Crippen molar-refractivity contribution in [3.63, 3.8) is 0 Å². The van der Waals surface area contributed by atoms with Gasteiger partial charge in [-0.05, 0) is 36.3 Å². The average molecular weight is 351 g/mol. The first kappa shape index (κ1) is 16.6. The molecule has 0 bridgehead atoms. The molecule has 2 aromatic heterocycles. The number of rotatable bonds is 3. The number of nitrogens with zero attached hydrogens (tertiary/aromatic N) is 2. The number of aromatic nitrogens is 1. The molecule has 2 aromatic rings. The third-order valence-electron chi connectivity index (χ3n) is 4.40. The number of thiophene rings is 1. The van der Waals surface area contributed by atoms with Gasteiger partial charge >= 0.3 is 0 Å². The molecule has 1 N–H and O–H groups in total. The minimum Gasteiger partial charge on any atom is -0.391 e. The molecular formula is C17H22N2O2S2. The highest BCUT2D eigenvalue weighted by Crippen LogP contribution is 2.34. The number of aryl methyl sites for hydroxylation is 1. The van der Waals surface area contributed by atoms with Crippen molar-refractivity contribution < 1.29 is 9.90 Å². The van der Waals surface area contributed by atoms with Crippen molar-refractivity contribution in [3.05, 3.63) is 38.0 Å². The Kier molecular flexibility index (Phi) is 4.85. The maximum atomic E-state index is 12.6. The van der Waals surface area contributed by atoms with Gasteiger partial charge in [0.05, 0.1) is 11.8 Å². The summed E-state index contributed by atoms with van der Waals surface area (Å²) in [6.45, 7) is 7.29. The molecule has 1 aliphatic rings. The van der Waals surface area contributed by atoms with E-state index in [9.17, 15) is 9.90 Å². The van der Waals surface area contributed by atoms with Gasteiger partial charge in [0.25, 0.3) is 5.91 Å². The second kappa shape index (κ2) is 6.71. The van der Waals surface area contributed by atoms with E-state index in [1.807, 2.05) is 5.38 Å². The largest absolute Gasteiger partial charge is 0.391 e. The van der Waals surface area contributed by atoms with Gasteiger partial charge < -0.3 is 10.0 Å². The fraction of sp³-hybridized carbons (Fsp3) is 0.529. The highest BCUT2D eigenvalue weighted by molar-refractivity contribution is 7.11. The molecule has 0 aliphatic carbocycles. The van der Waals surface area contributed by atoms with Crippen LogP contribution < -0.4 is 0 Å². The van der Waals surface area contributed by atoms with E-state index < -0.39 is 6.10 Å². The number of aliphatic hydroxyl groups excluding tert-OH is 1. The summed E-state index contributed by atoms with van der Waals surface area (Å²) in [5.41, 5.74) is 2.20. The van der Waals surface area contributed by atoms with E-state index in [-0.39, 0.29) is 11.8 Å². The zero-order valence-electron chi connectivity index (χ0n) is 13.7. The van der Waals surface area contributed by atoms with Crippen molar-refractivity contribution in [2.24, 2.45) is 0 Å². The number of carbonyl (C=O) groups excluding carboxylic acids is 1. The molecule has 124 valence electrons. The van der Waals surface area contributed by atoms with E-state index in [4.69, 9.17) is 0 Å². The summed E-state index contributed by atoms with van der Waals surface area (Å²) in [7, 11) is 0. The summed E-state index contributed by atoms with van der Waals surface area (Å²) >= 11 is 3.10. The van der Waals surface area contributed by atoms with Crippen molar-refractivity contribution in [3.8, 4) is 0 Å². The second-order valence-electron chi connectivity index (χ2n) is 6.41. The van der Waals surface area contributed by atoms with Crippen LogP contribution in [0.25, 0.3) is 0 Å². The molecule has 2 atom stereocenters. The predicted molar refractivity (Wildman–Crippen MR) is 94.5 cm³/mol. The highest BCUT2D eigenvalue weighted by atomic mass is 32.1. The van der Waals surface area contributed by atoms with Gasteiger partial charge in [0.2, 0.25) is 0 Å². The van der Waals surface area contributed by atoms with Crippen LogP contribution in [0.5, 0.6) is 0 Å². The molecule has 23 heavy (non-hydrogen) atoms. The quantitative estimate of drug-likeness (QED) is 0.920. The zero-order chi connectivity index (χ0) is 16.6. The van der Waals surface area contributed by atoms with E-state index in [0.717, 1.165) is 12.1 Å². The average Bonchev–Trinajstić information content (AvgIpc) is 3.15. The summed E-state index contributed by atoms with van der Waals surface area (Å²) in [5, 5.41) is 15.1. The molecule has 1 aliphatic heterocycles. The van der Waals surface area contributed by atoms with Gasteiger partial charge in [0.15, 0.2) is 5.01 Å². The Morgan fingerprint density at radius 1 is 1.43 bits per heavy atom. The van der Waals surface area contributed by atoms with Crippen LogP contribution in [0.3, 0.4) is 0 Å². The Balaban J connectivity index is 1.69. The lowest BCUT2D eigenvalue weighted by molar-refractivity contribution is 0.0386. The maximum absolute atomic E-state index is 12.6. The van der Waals surface area contributed by atoms with Crippen LogP contribution in [-0.4, -0.2) is 40.1 Å². The van der Waals surface area contributed by atoms with Crippen LogP contribution in [0.2, 0.25) is 0 Å². The normalized spacial score (nSPS) is 21.9. The van der Waals surface area contributed by atoms with E-state index in [1.165, 1.54) is 21.8 Å². The number of thiazole rings is 1. The van der Waals surface area contributed by atoms with Gasteiger partial charge in [-0.2, -0.15) is 0 Å². The molecule has 0 unspecified atom stereocenters. The molecule has 0 saturated carbocycles. The Labute approximate surface area is 144 Å². The molecule has 1 fully saturated rings. The third-order valence-corrected chi connectivity index (χ3v) is 6.40. The van der Waals surface area contributed by atoms with Crippen LogP contribution in [-0.2, 0) is 0 Å². The minimum atomic E-state index is -0.505. The molecule has 3 rings (SSSR count). The van der Waals surface area contributed by atoms with Gasteiger partial charge in [-0.1, -0.05) is 13.8 Å². The fourth-order valence-corrected chi connectivity index (χ4v) is 5.04. The molecule has 1 saturated heterocycles. The molecule has 1 amide bonds. The summed E-state index contributed by atoms with van der Waals surface area (Å²) in [5.74, 6) is 0.412. The van der Waals surface area contributed by atoms with Crippen molar-refractivity contribution in [2.45, 2.75) is 45.1 Å². The first-order valence-electron chi connectivity index (χ1n) is 7.94. The van der Waals surface area contributed by atoms with Crippen molar-refractivity contribution >= 4 is 28.6 Å². The van der Waals surface area contributed by atoms with Gasteiger partial charge in [-0.25, -0.2) is 4.98 Å². The monoisotopic (exact) mass is 350 g/mol. The number of aliphatic hydroxyl groups is 1. The smallest absolute Gasteiger partial charge is 0.282 e. The molecule has 4 nitrogen and oxygen atoms in total. The summed E-state index contributed by atoms with van der Waals surface area (Å²) < 4.78 is 0. The minimum absolute atomic E-state index is 0.0534. The van der Waals surface area contributed by atoms with Crippen LogP contribution >= 0.6 is 22.7 Å². The Morgan fingerprint density at radius 2 is 2.22 bits per heavy atom. The first-order chi connectivity index (χ1) is 11.0. The lowest BCUT2D eigenvalue weighted by Gasteiger charge is -2.35. The topological polar surface area (TPSA) is 53.4 Å². The predicted octanol–water partition coefficient (Wildman–Crippen LogP) is 3.63. The number of likely N-dealkylation sites (tertiary alicyclic amines) is 1. The van der Waals surface area contributed by atoms with Crippen LogP contribution in [0, 0.1) is 6.92 Å². The molecule has 0 radical (unpaired) electrons. The SMILES string of the molecule is Cc1ccsc1[C@H]1CCN(C(=O)c2nc(C(C)C)cs2)C[C@@H]1O. The van der Waals surface area contributed by atoms with E-state index in [0.29, 0.717) is 24.0 Å². The Morgan fingerprint density at radius 3 is 2.78 bits per heavy atom. The number of hydrogen-bond donors (Lipinski definition) is 1. The third kappa shape index (κ3) is 3.34. The molecule has 0 spiro atoms. The number of hydrogen-bond acceptors (Lipinski definition) is 5. The van der Waals surface area contributed by atoms with E-state index >= 15 is 0 Å². The van der Waals surface area contributed by atoms with E-state index in [1.54, 1.807) is 16.2 Å². The Bertz CT molecular complexity index is 692. The standard InChI is InChI=1S/C17H22N2O2S2/c1-10(2)13-9-23-16(18-13)17(21)19-6-4-12(14(20)8-19)15-11(3)5-7-22-15/h5,7,9-10,12,14,20H,4,6,8H2,1-3H3/t12-,14-/m0/s1. The van der Waals surface area contributed by atoms with Gasteiger partial charge in [-0.15, -0.1) is 22.7 Å². The molecule has 0 aromatic carbocycles. The highest BCUT2D eigenvalue weighted by Gasteiger charge is 2.33. The van der Waals surface area contributed by atoms with Crippen molar-refractivity contribution in [1.29, 1.82) is 0 Å². The number of piperidine rings is 1. The second-order valence-corrected chi connectivity index (χ2v) is 8.22. The van der Waals surface area contributed by atoms with Crippen LogP contribution in [0.15, 0.2) is 16.8 Å². The number of β-amino-alcohol motifs (C(OH)–C–C–N with tert-alkyl or cyclic N) is 1. The molecule has 6 heteroatoms.